The topological polar surface area (TPSA) is 35.8 Å². The summed E-state index contributed by atoms with van der Waals surface area (Å²) in [5, 5.41) is 13.6. The van der Waals surface area contributed by atoms with Gasteiger partial charge in [-0.1, -0.05) is 79.7 Å². The molecular formula is C21H23ClN2OS. The van der Waals surface area contributed by atoms with Crippen LogP contribution in [0, 0.1) is 5.41 Å². The van der Waals surface area contributed by atoms with Crippen molar-refractivity contribution in [1.29, 1.82) is 0 Å². The van der Waals surface area contributed by atoms with Gasteiger partial charge in [0.15, 0.2) is 10.9 Å². The monoisotopic (exact) mass is 386 g/mol. The van der Waals surface area contributed by atoms with E-state index in [-0.39, 0.29) is 11.3 Å². The molecule has 136 valence electrons. The van der Waals surface area contributed by atoms with Crippen LogP contribution in [0.3, 0.4) is 0 Å². The van der Waals surface area contributed by atoms with Gasteiger partial charge in [0.25, 0.3) is 0 Å². The van der Waals surface area contributed by atoms with Crippen LogP contribution < -0.4 is 0 Å². The summed E-state index contributed by atoms with van der Waals surface area (Å²) < 4.78 is 0. The van der Waals surface area contributed by atoms with Gasteiger partial charge in [-0.2, -0.15) is 0 Å². The lowest BCUT2D eigenvalue weighted by molar-refractivity contribution is -0.0703. The highest BCUT2D eigenvalue weighted by Crippen LogP contribution is 2.47. The summed E-state index contributed by atoms with van der Waals surface area (Å²) in [5.74, 6) is 0.430. The lowest BCUT2D eigenvalue weighted by Crippen LogP contribution is -2.56. The van der Waals surface area contributed by atoms with Crippen LogP contribution in [0.25, 0.3) is 0 Å². The quantitative estimate of drug-likeness (QED) is 0.837. The Balaban J connectivity index is 1.82. The zero-order chi connectivity index (χ0) is 18.4. The maximum atomic E-state index is 11.9. The molecule has 0 saturated carbocycles. The second-order valence-electron chi connectivity index (χ2n) is 7.91. The van der Waals surface area contributed by atoms with E-state index in [2.05, 4.69) is 30.9 Å². The molecule has 0 bridgehead atoms. The van der Waals surface area contributed by atoms with E-state index >= 15 is 0 Å². The van der Waals surface area contributed by atoms with Crippen molar-refractivity contribution in [3.8, 4) is 0 Å². The lowest BCUT2D eigenvalue weighted by Gasteiger charge is -2.45. The van der Waals surface area contributed by atoms with Crippen LogP contribution in [-0.2, 0) is 0 Å². The van der Waals surface area contributed by atoms with Crippen molar-refractivity contribution in [2.75, 3.05) is 18.8 Å². The first-order valence-corrected chi connectivity index (χ1v) is 10.2. The Morgan fingerprint density at radius 1 is 1.08 bits per heavy atom. The minimum absolute atomic E-state index is 0.0453. The van der Waals surface area contributed by atoms with Crippen LogP contribution in [0.5, 0.6) is 0 Å². The van der Waals surface area contributed by atoms with E-state index < -0.39 is 5.72 Å². The first kappa shape index (κ1) is 17.9. The Morgan fingerprint density at radius 3 is 2.42 bits per heavy atom. The summed E-state index contributed by atoms with van der Waals surface area (Å²) in [5.41, 5.74) is 1.19. The van der Waals surface area contributed by atoms with E-state index in [9.17, 15) is 5.11 Å². The fourth-order valence-electron chi connectivity index (χ4n) is 3.85. The minimum atomic E-state index is -1.02. The molecule has 26 heavy (non-hydrogen) atoms. The van der Waals surface area contributed by atoms with Crippen molar-refractivity contribution in [2.45, 2.75) is 25.5 Å². The van der Waals surface area contributed by atoms with Gasteiger partial charge < -0.3 is 10.0 Å². The maximum absolute atomic E-state index is 11.9. The number of fused-ring (bicyclic) bond motifs is 1. The molecule has 4 rings (SSSR count). The van der Waals surface area contributed by atoms with E-state index in [4.69, 9.17) is 16.6 Å². The van der Waals surface area contributed by atoms with Gasteiger partial charge in [-0.3, -0.25) is 4.99 Å². The van der Waals surface area contributed by atoms with E-state index in [1.165, 1.54) is 0 Å². The average Bonchev–Trinajstić information content (AvgIpc) is 2.94. The Hall–Kier alpha value is -1.49. The average molecular weight is 387 g/mol. The lowest BCUT2D eigenvalue weighted by atomic mass is 9.81. The molecule has 1 N–H and O–H groups in total. The van der Waals surface area contributed by atoms with Crippen LogP contribution in [0.4, 0.5) is 0 Å². The van der Waals surface area contributed by atoms with Crippen molar-refractivity contribution in [3.05, 3.63) is 70.7 Å². The highest BCUT2D eigenvalue weighted by Gasteiger charge is 2.52. The molecule has 0 spiro atoms. The Kier molecular flexibility index (Phi) is 4.54. The van der Waals surface area contributed by atoms with Crippen LogP contribution >= 0.6 is 23.4 Å². The van der Waals surface area contributed by atoms with E-state index in [0.29, 0.717) is 10.8 Å². The van der Waals surface area contributed by atoms with E-state index in [1.54, 1.807) is 11.8 Å². The standard InChI is InChI=1S/C21H23ClN2OS/c1-20(2)12-23-19-24(13-20)21(25,14-26-19)18(15-6-4-3-5-7-15)16-8-10-17(22)11-9-16/h3-11,18,25H,12-14H2,1-2H3. The van der Waals surface area contributed by atoms with Gasteiger partial charge in [0, 0.05) is 29.3 Å². The largest absolute Gasteiger partial charge is 0.369 e. The van der Waals surface area contributed by atoms with Gasteiger partial charge >= 0.3 is 0 Å². The predicted molar refractivity (Wildman–Crippen MR) is 110 cm³/mol. The number of rotatable bonds is 3. The zero-order valence-electron chi connectivity index (χ0n) is 15.0. The fraction of sp³-hybridized carbons (Fsp3) is 0.381. The summed E-state index contributed by atoms with van der Waals surface area (Å²) >= 11 is 7.76. The number of thioether (sulfide) groups is 1. The molecule has 2 heterocycles. The van der Waals surface area contributed by atoms with Crippen molar-refractivity contribution < 1.29 is 5.11 Å². The second kappa shape index (κ2) is 6.59. The third-order valence-corrected chi connectivity index (χ3v) is 6.57. The van der Waals surface area contributed by atoms with Crippen LogP contribution in [-0.4, -0.2) is 39.7 Å². The molecule has 2 unspecified atom stereocenters. The van der Waals surface area contributed by atoms with Crippen LogP contribution in [0.1, 0.15) is 30.9 Å². The molecule has 5 heteroatoms. The molecule has 2 aromatic rings. The zero-order valence-corrected chi connectivity index (χ0v) is 16.6. The minimum Gasteiger partial charge on any atom is -0.369 e. The number of halogens is 1. The number of benzene rings is 2. The van der Waals surface area contributed by atoms with Gasteiger partial charge in [0.1, 0.15) is 0 Å². The van der Waals surface area contributed by atoms with E-state index in [0.717, 1.165) is 29.4 Å². The van der Waals surface area contributed by atoms with Gasteiger partial charge in [0.05, 0.1) is 5.92 Å². The Labute approximate surface area is 164 Å². The number of amidine groups is 1. The SMILES string of the molecule is CC1(C)CN=C2SCC(O)(C(c3ccccc3)c3ccc(Cl)cc3)N2C1. The molecule has 0 amide bonds. The first-order chi connectivity index (χ1) is 12.4. The number of hydrogen-bond acceptors (Lipinski definition) is 4. The third kappa shape index (κ3) is 3.15. The van der Waals surface area contributed by atoms with Gasteiger partial charge in [0.2, 0.25) is 0 Å². The summed E-state index contributed by atoms with van der Waals surface area (Å²) in [6, 6.07) is 18.1. The molecule has 0 radical (unpaired) electrons. The predicted octanol–water partition coefficient (Wildman–Crippen LogP) is 4.61. The molecular weight excluding hydrogens is 364 g/mol. The second-order valence-corrected chi connectivity index (χ2v) is 9.29. The summed E-state index contributed by atoms with van der Waals surface area (Å²) in [6.45, 7) is 6.01. The number of hydrogen-bond donors (Lipinski definition) is 1. The molecule has 1 saturated heterocycles. The summed E-state index contributed by atoms with van der Waals surface area (Å²) in [4.78, 5) is 6.87. The Morgan fingerprint density at radius 2 is 1.73 bits per heavy atom. The third-order valence-electron chi connectivity index (χ3n) is 5.14. The molecule has 2 atom stereocenters. The summed E-state index contributed by atoms with van der Waals surface area (Å²) in [6.07, 6.45) is 0. The normalized spacial score (nSPS) is 25.5. The van der Waals surface area contributed by atoms with Crippen molar-refractivity contribution in [3.63, 3.8) is 0 Å². The molecule has 2 aliphatic heterocycles. The highest BCUT2D eigenvalue weighted by atomic mass is 35.5. The smallest absolute Gasteiger partial charge is 0.161 e. The van der Waals surface area contributed by atoms with E-state index in [1.807, 2.05) is 42.5 Å². The van der Waals surface area contributed by atoms with Crippen LogP contribution in [0.15, 0.2) is 59.6 Å². The number of aliphatic imine (C=N–C) groups is 1. The Bertz CT molecular complexity index is 822. The molecule has 1 fully saturated rings. The molecule has 0 aromatic heterocycles. The molecule has 0 aliphatic carbocycles. The highest BCUT2D eigenvalue weighted by molar-refractivity contribution is 8.14. The summed E-state index contributed by atoms with van der Waals surface area (Å²) in [7, 11) is 0. The molecule has 3 nitrogen and oxygen atoms in total. The van der Waals surface area contributed by atoms with Crippen LogP contribution in [0.2, 0.25) is 5.02 Å². The maximum Gasteiger partial charge on any atom is 0.161 e. The number of aliphatic hydroxyl groups is 1. The van der Waals surface area contributed by atoms with Crippen molar-refractivity contribution in [2.24, 2.45) is 10.4 Å². The van der Waals surface area contributed by atoms with Gasteiger partial charge in [-0.15, -0.1) is 0 Å². The van der Waals surface area contributed by atoms with Gasteiger partial charge in [-0.25, -0.2) is 0 Å². The molecule has 2 aromatic carbocycles. The van der Waals surface area contributed by atoms with Gasteiger partial charge in [-0.05, 0) is 23.3 Å². The van der Waals surface area contributed by atoms with Crippen molar-refractivity contribution in [1.82, 2.24) is 4.90 Å². The fourth-order valence-corrected chi connectivity index (χ4v) is 5.18. The first-order valence-electron chi connectivity index (χ1n) is 8.87. The van der Waals surface area contributed by atoms with Crippen molar-refractivity contribution >= 4 is 28.5 Å². The molecule has 2 aliphatic rings. The number of nitrogens with zero attached hydrogens (tertiary/aromatic N) is 2.